The molecule has 0 fully saturated rings. The molecule has 0 saturated carbocycles. The Morgan fingerprint density at radius 2 is 1.52 bits per heavy atom. The average Bonchev–Trinajstić information content (AvgIpc) is 2.76. The minimum atomic E-state index is -0.528. The lowest BCUT2D eigenvalue weighted by Gasteiger charge is -2.10. The van der Waals surface area contributed by atoms with Crippen LogP contribution < -0.4 is 20.5 Å². The third-order valence-electron chi connectivity index (χ3n) is 4.26. The molecule has 2 aromatic carbocycles. The van der Waals surface area contributed by atoms with Gasteiger partial charge in [0.05, 0.1) is 20.3 Å². The molecule has 0 aliphatic rings. The lowest BCUT2D eigenvalue weighted by atomic mass is 10.0. The van der Waals surface area contributed by atoms with Crippen LogP contribution in [-0.4, -0.2) is 32.5 Å². The molecule has 0 saturated heterocycles. The fraction of sp³-hybridized carbons (Fsp3) is 0.217. The van der Waals surface area contributed by atoms with Gasteiger partial charge in [-0.05, 0) is 66.1 Å². The Labute approximate surface area is 171 Å². The molecule has 152 valence electrons. The van der Waals surface area contributed by atoms with Crippen LogP contribution >= 0.6 is 0 Å². The van der Waals surface area contributed by atoms with Crippen LogP contribution in [0.5, 0.6) is 11.5 Å². The number of carbonyl (C=O) groups excluding carboxylic acids is 2. The van der Waals surface area contributed by atoms with Gasteiger partial charge in [-0.1, -0.05) is 18.2 Å². The maximum atomic E-state index is 12.1. The van der Waals surface area contributed by atoms with Gasteiger partial charge in [0.1, 0.15) is 17.8 Å². The van der Waals surface area contributed by atoms with Crippen molar-refractivity contribution in [2.24, 2.45) is 5.73 Å². The summed E-state index contributed by atoms with van der Waals surface area (Å²) >= 11 is 0. The van der Waals surface area contributed by atoms with Gasteiger partial charge in [0.25, 0.3) is 0 Å². The lowest BCUT2D eigenvalue weighted by molar-refractivity contribution is -0.123. The summed E-state index contributed by atoms with van der Waals surface area (Å²) in [5.41, 5.74) is 9.36. The van der Waals surface area contributed by atoms with Crippen molar-refractivity contribution in [2.75, 3.05) is 14.2 Å². The first-order valence-electron chi connectivity index (χ1n) is 9.17. The van der Waals surface area contributed by atoms with E-state index in [0.717, 1.165) is 28.2 Å². The van der Waals surface area contributed by atoms with Crippen molar-refractivity contribution < 1.29 is 19.1 Å². The van der Waals surface area contributed by atoms with Crippen LogP contribution in [0.15, 0.2) is 60.7 Å². The van der Waals surface area contributed by atoms with Crippen molar-refractivity contribution in [2.45, 2.75) is 19.4 Å². The van der Waals surface area contributed by atoms with Crippen LogP contribution in [0.2, 0.25) is 0 Å². The van der Waals surface area contributed by atoms with Crippen molar-refractivity contribution in [3.05, 3.63) is 71.8 Å². The molecule has 29 heavy (non-hydrogen) atoms. The highest BCUT2D eigenvalue weighted by Gasteiger charge is 2.07. The van der Waals surface area contributed by atoms with Gasteiger partial charge in [0.15, 0.2) is 0 Å². The Kier molecular flexibility index (Phi) is 8.03. The summed E-state index contributed by atoms with van der Waals surface area (Å²) in [5.74, 6) is 1.23. The van der Waals surface area contributed by atoms with E-state index in [0.29, 0.717) is 12.0 Å². The Balaban J connectivity index is 2.32. The van der Waals surface area contributed by atoms with Crippen LogP contribution in [-0.2, 0) is 9.59 Å². The van der Waals surface area contributed by atoms with E-state index in [4.69, 9.17) is 15.2 Å². The predicted molar refractivity (Wildman–Crippen MR) is 114 cm³/mol. The Morgan fingerprint density at radius 3 is 2.00 bits per heavy atom. The molecule has 1 unspecified atom stereocenters. The van der Waals surface area contributed by atoms with Crippen LogP contribution in [0.1, 0.15) is 24.5 Å². The number of ether oxygens (including phenoxy) is 2. The summed E-state index contributed by atoms with van der Waals surface area (Å²) in [7, 11) is 3.21. The summed E-state index contributed by atoms with van der Waals surface area (Å²) in [4.78, 5) is 22.8. The Hall–Kier alpha value is -3.54. The van der Waals surface area contributed by atoms with Gasteiger partial charge in [0.2, 0.25) is 5.91 Å². The molecule has 6 heteroatoms. The number of aldehydes is 1. The molecule has 0 aliphatic heterocycles. The largest absolute Gasteiger partial charge is 0.497 e. The van der Waals surface area contributed by atoms with E-state index in [2.05, 4.69) is 5.32 Å². The zero-order valence-electron chi connectivity index (χ0n) is 16.8. The Morgan fingerprint density at radius 1 is 1.00 bits per heavy atom. The summed E-state index contributed by atoms with van der Waals surface area (Å²) in [6, 6.07) is 14.4. The standard InChI is InChI=1S/C23H26N2O4/c1-16(15-26)25-23(27)13-8-19(17-4-9-20(28-2)10-5-17)14-22(24)18-6-11-21(29-3)12-7-18/h4-12,14-16H,13,24H2,1-3H3,(H,25,27)/b19-8-,22-14-. The molecule has 3 N–H and O–H groups in total. The molecule has 0 heterocycles. The molecule has 0 spiro atoms. The second-order valence-electron chi connectivity index (χ2n) is 6.41. The van der Waals surface area contributed by atoms with E-state index >= 15 is 0 Å². The molecule has 1 atom stereocenters. The first kappa shape index (κ1) is 21.8. The van der Waals surface area contributed by atoms with Crippen LogP contribution in [0, 0.1) is 0 Å². The number of hydrogen-bond acceptors (Lipinski definition) is 5. The number of hydrogen-bond donors (Lipinski definition) is 2. The van der Waals surface area contributed by atoms with Crippen LogP contribution in [0.4, 0.5) is 0 Å². The number of nitrogens with two attached hydrogens (primary N) is 1. The van der Waals surface area contributed by atoms with E-state index in [1.54, 1.807) is 27.2 Å². The smallest absolute Gasteiger partial charge is 0.224 e. The molecule has 0 aliphatic carbocycles. The molecule has 6 nitrogen and oxygen atoms in total. The van der Waals surface area contributed by atoms with Crippen molar-refractivity contribution >= 4 is 23.5 Å². The summed E-state index contributed by atoms with van der Waals surface area (Å²) < 4.78 is 10.4. The molecular weight excluding hydrogens is 368 g/mol. The summed E-state index contributed by atoms with van der Waals surface area (Å²) in [6.07, 6.45) is 4.41. The molecular formula is C23H26N2O4. The van der Waals surface area contributed by atoms with Gasteiger partial charge in [-0.3, -0.25) is 4.79 Å². The van der Waals surface area contributed by atoms with Gasteiger partial charge in [0, 0.05) is 12.1 Å². The molecule has 0 aromatic heterocycles. The molecule has 0 radical (unpaired) electrons. The molecule has 2 aromatic rings. The monoisotopic (exact) mass is 394 g/mol. The fourth-order valence-corrected chi connectivity index (χ4v) is 2.63. The highest BCUT2D eigenvalue weighted by molar-refractivity contribution is 5.87. The lowest BCUT2D eigenvalue weighted by Crippen LogP contribution is -2.32. The van der Waals surface area contributed by atoms with Crippen LogP contribution in [0.3, 0.4) is 0 Å². The zero-order valence-corrected chi connectivity index (χ0v) is 16.8. The zero-order chi connectivity index (χ0) is 21.2. The van der Waals surface area contributed by atoms with E-state index in [1.807, 2.05) is 54.6 Å². The van der Waals surface area contributed by atoms with E-state index < -0.39 is 6.04 Å². The van der Waals surface area contributed by atoms with Gasteiger partial charge in [-0.2, -0.15) is 0 Å². The van der Waals surface area contributed by atoms with Crippen molar-refractivity contribution in [1.82, 2.24) is 5.32 Å². The Bertz CT molecular complexity index is 884. The van der Waals surface area contributed by atoms with E-state index in [-0.39, 0.29) is 12.3 Å². The third kappa shape index (κ3) is 6.53. The maximum absolute atomic E-state index is 12.1. The summed E-state index contributed by atoms with van der Waals surface area (Å²) in [6.45, 7) is 1.63. The predicted octanol–water partition coefficient (Wildman–Crippen LogP) is 3.18. The SMILES string of the molecule is COc1ccc(/C(N)=C/C(=C/CC(=O)NC(C)C=O)c2ccc(OC)cc2)cc1. The minimum absolute atomic E-state index is 0.117. The van der Waals surface area contributed by atoms with E-state index in [1.165, 1.54) is 0 Å². The van der Waals surface area contributed by atoms with E-state index in [9.17, 15) is 9.59 Å². The summed E-state index contributed by atoms with van der Waals surface area (Å²) in [5, 5.41) is 2.61. The number of amides is 1. The van der Waals surface area contributed by atoms with Crippen molar-refractivity contribution in [3.63, 3.8) is 0 Å². The highest BCUT2D eigenvalue weighted by Crippen LogP contribution is 2.24. The second kappa shape index (κ2) is 10.7. The third-order valence-corrected chi connectivity index (χ3v) is 4.26. The quantitative estimate of drug-likeness (QED) is 0.504. The van der Waals surface area contributed by atoms with Gasteiger partial charge >= 0.3 is 0 Å². The molecule has 2 rings (SSSR count). The minimum Gasteiger partial charge on any atom is -0.497 e. The number of carbonyl (C=O) groups is 2. The van der Waals surface area contributed by atoms with Crippen molar-refractivity contribution in [1.29, 1.82) is 0 Å². The maximum Gasteiger partial charge on any atom is 0.224 e. The first-order valence-corrected chi connectivity index (χ1v) is 9.17. The first-order chi connectivity index (χ1) is 14.0. The highest BCUT2D eigenvalue weighted by atomic mass is 16.5. The van der Waals surface area contributed by atoms with Gasteiger partial charge < -0.3 is 25.3 Å². The van der Waals surface area contributed by atoms with Crippen molar-refractivity contribution in [3.8, 4) is 11.5 Å². The molecule has 1 amide bonds. The molecule has 0 bridgehead atoms. The fourth-order valence-electron chi connectivity index (χ4n) is 2.63. The van der Waals surface area contributed by atoms with Gasteiger partial charge in [-0.15, -0.1) is 0 Å². The number of allylic oxidation sites excluding steroid dienone is 2. The number of methoxy groups -OCH3 is 2. The van der Waals surface area contributed by atoms with Gasteiger partial charge in [-0.25, -0.2) is 0 Å². The topological polar surface area (TPSA) is 90.6 Å². The second-order valence-corrected chi connectivity index (χ2v) is 6.41. The van der Waals surface area contributed by atoms with Crippen LogP contribution in [0.25, 0.3) is 11.3 Å². The number of rotatable bonds is 9. The normalized spacial score (nSPS) is 12.8. The number of nitrogens with one attached hydrogen (secondary N) is 1. The average molecular weight is 394 g/mol. The number of benzene rings is 2.